The zero-order valence-corrected chi connectivity index (χ0v) is 15.9. The number of H-pyrrole nitrogens is 1. The molecule has 1 aliphatic heterocycles. The minimum absolute atomic E-state index is 0.118. The summed E-state index contributed by atoms with van der Waals surface area (Å²) in [6, 6.07) is 6.83. The van der Waals surface area contributed by atoms with Gasteiger partial charge in [-0.1, -0.05) is 25.1 Å². The molecule has 0 fully saturated rings. The second-order valence-corrected chi connectivity index (χ2v) is 6.35. The van der Waals surface area contributed by atoms with Crippen LogP contribution in [0.5, 0.6) is 11.6 Å². The second kappa shape index (κ2) is 7.71. The number of hydrogen-bond donors (Lipinski definition) is 2. The summed E-state index contributed by atoms with van der Waals surface area (Å²) in [7, 11) is 1.34. The van der Waals surface area contributed by atoms with E-state index in [0.717, 1.165) is 10.1 Å². The van der Waals surface area contributed by atoms with Crippen molar-refractivity contribution >= 4 is 11.6 Å². The molecule has 9 heteroatoms. The number of amides is 1. The van der Waals surface area contributed by atoms with Crippen molar-refractivity contribution in [3.63, 3.8) is 0 Å². The Labute approximate surface area is 160 Å². The lowest BCUT2D eigenvalue weighted by molar-refractivity contribution is -0.132. The minimum atomic E-state index is -0.748. The highest BCUT2D eigenvalue weighted by Gasteiger charge is 2.36. The fourth-order valence-corrected chi connectivity index (χ4v) is 3.21. The van der Waals surface area contributed by atoms with Crippen molar-refractivity contribution in [2.45, 2.75) is 32.7 Å². The number of rotatable bonds is 5. The van der Waals surface area contributed by atoms with Gasteiger partial charge in [0.1, 0.15) is 11.3 Å². The fraction of sp³-hybridized carbons (Fsp3) is 0.368. The molecule has 0 unspecified atom stereocenters. The molecule has 1 aromatic carbocycles. The summed E-state index contributed by atoms with van der Waals surface area (Å²) >= 11 is 0. The van der Waals surface area contributed by atoms with Crippen molar-refractivity contribution in [1.82, 2.24) is 14.6 Å². The van der Waals surface area contributed by atoms with E-state index in [1.807, 2.05) is 31.2 Å². The van der Waals surface area contributed by atoms with Crippen molar-refractivity contribution in [2.24, 2.45) is 12.1 Å². The van der Waals surface area contributed by atoms with E-state index in [1.54, 1.807) is 6.92 Å². The number of para-hydroxylation sites is 1. The van der Waals surface area contributed by atoms with E-state index in [9.17, 15) is 19.5 Å². The van der Waals surface area contributed by atoms with E-state index in [2.05, 4.69) is 10.1 Å². The predicted octanol–water partition coefficient (Wildman–Crippen LogP) is 1.27. The number of hydrogen-bond acceptors (Lipinski definition) is 6. The van der Waals surface area contributed by atoms with Crippen molar-refractivity contribution < 1.29 is 14.6 Å². The lowest BCUT2D eigenvalue weighted by Gasteiger charge is -2.23. The number of aromatic amines is 1. The van der Waals surface area contributed by atoms with Gasteiger partial charge >= 0.3 is 5.69 Å². The first kappa shape index (κ1) is 19.4. The molecule has 1 amide bonds. The van der Waals surface area contributed by atoms with Crippen molar-refractivity contribution in [3.05, 3.63) is 56.2 Å². The summed E-state index contributed by atoms with van der Waals surface area (Å²) in [5.41, 5.74) is -0.614. The number of aromatic nitrogens is 2. The number of carbonyl (C=O) groups excluding carboxylic acids is 1. The molecule has 0 saturated heterocycles. The van der Waals surface area contributed by atoms with E-state index < -0.39 is 23.2 Å². The molecule has 2 N–H and O–H groups in total. The first-order chi connectivity index (χ1) is 13.4. The normalized spacial score (nSPS) is 16.2. The van der Waals surface area contributed by atoms with E-state index in [1.165, 1.54) is 12.1 Å². The van der Waals surface area contributed by atoms with Crippen molar-refractivity contribution in [3.8, 4) is 11.6 Å². The molecule has 0 aliphatic carbocycles. The van der Waals surface area contributed by atoms with E-state index >= 15 is 0 Å². The Morgan fingerprint density at radius 2 is 2.04 bits per heavy atom. The van der Waals surface area contributed by atoms with Crippen LogP contribution < -0.4 is 16.0 Å². The van der Waals surface area contributed by atoms with Gasteiger partial charge in [-0.15, -0.1) is 0 Å². The van der Waals surface area contributed by atoms with Crippen LogP contribution in [0.4, 0.5) is 0 Å². The summed E-state index contributed by atoms with van der Waals surface area (Å²) in [5, 5.41) is 16.0. The van der Waals surface area contributed by atoms with Crippen LogP contribution in [-0.2, 0) is 11.8 Å². The third kappa shape index (κ3) is 3.30. The summed E-state index contributed by atoms with van der Waals surface area (Å²) in [4.78, 5) is 38.7. The molecule has 2 heterocycles. The first-order valence-electron chi connectivity index (χ1n) is 9.02. The molecule has 0 spiro atoms. The Morgan fingerprint density at radius 3 is 2.71 bits per heavy atom. The maximum Gasteiger partial charge on any atom is 0.330 e. The zero-order chi connectivity index (χ0) is 20.4. The summed E-state index contributed by atoms with van der Waals surface area (Å²) in [6.07, 6.45) is 0.421. The Balaban J connectivity index is 2.11. The SMILES string of the molecule is CCOc1ccccc1[C@@H]1CC(c2c(O)n(C)c(=O)[nH]c2=O)=NN1C(=O)CC. The molecule has 0 saturated carbocycles. The van der Waals surface area contributed by atoms with Crippen LogP contribution in [0.25, 0.3) is 0 Å². The van der Waals surface area contributed by atoms with Gasteiger partial charge in [0.05, 0.1) is 18.4 Å². The molecule has 9 nitrogen and oxygen atoms in total. The van der Waals surface area contributed by atoms with Gasteiger partial charge in [-0.25, -0.2) is 9.80 Å². The fourth-order valence-electron chi connectivity index (χ4n) is 3.21. The highest BCUT2D eigenvalue weighted by Crippen LogP contribution is 2.38. The van der Waals surface area contributed by atoms with Gasteiger partial charge in [-0.05, 0) is 13.0 Å². The molecular formula is C19H22N4O5. The maximum atomic E-state index is 12.5. The average molecular weight is 386 g/mol. The van der Waals surface area contributed by atoms with Gasteiger partial charge in [0.25, 0.3) is 5.56 Å². The van der Waals surface area contributed by atoms with E-state index in [0.29, 0.717) is 12.4 Å². The van der Waals surface area contributed by atoms with Crippen LogP contribution >= 0.6 is 0 Å². The quantitative estimate of drug-likeness (QED) is 0.802. The summed E-state index contributed by atoms with van der Waals surface area (Å²) in [6.45, 7) is 4.04. The number of hydrazone groups is 1. The summed E-state index contributed by atoms with van der Waals surface area (Å²) in [5.74, 6) is -0.0962. The van der Waals surface area contributed by atoms with Gasteiger partial charge in [0, 0.05) is 25.5 Å². The molecule has 2 aromatic rings. The summed E-state index contributed by atoms with van der Waals surface area (Å²) < 4.78 is 6.61. The highest BCUT2D eigenvalue weighted by molar-refractivity contribution is 6.04. The van der Waals surface area contributed by atoms with Gasteiger partial charge in [-0.2, -0.15) is 5.10 Å². The molecule has 1 atom stereocenters. The number of nitrogens with one attached hydrogen (secondary N) is 1. The molecule has 28 heavy (non-hydrogen) atoms. The predicted molar refractivity (Wildman–Crippen MR) is 103 cm³/mol. The minimum Gasteiger partial charge on any atom is -0.494 e. The number of benzene rings is 1. The number of carbonyl (C=O) groups is 1. The largest absolute Gasteiger partial charge is 0.494 e. The number of aromatic hydroxyl groups is 1. The van der Waals surface area contributed by atoms with Gasteiger partial charge < -0.3 is 9.84 Å². The lowest BCUT2D eigenvalue weighted by Crippen LogP contribution is -2.32. The highest BCUT2D eigenvalue weighted by atomic mass is 16.5. The van der Waals surface area contributed by atoms with E-state index in [-0.39, 0.29) is 30.0 Å². The van der Waals surface area contributed by atoms with Crippen molar-refractivity contribution in [1.29, 1.82) is 0 Å². The van der Waals surface area contributed by atoms with Crippen LogP contribution in [0, 0.1) is 0 Å². The molecule has 0 bridgehead atoms. The maximum absolute atomic E-state index is 12.5. The zero-order valence-electron chi connectivity index (χ0n) is 15.9. The van der Waals surface area contributed by atoms with Crippen LogP contribution in [0.15, 0.2) is 39.0 Å². The van der Waals surface area contributed by atoms with E-state index in [4.69, 9.17) is 4.74 Å². The van der Waals surface area contributed by atoms with Crippen LogP contribution in [0.3, 0.4) is 0 Å². The number of nitrogens with zero attached hydrogens (tertiary/aromatic N) is 3. The Morgan fingerprint density at radius 1 is 1.32 bits per heavy atom. The second-order valence-electron chi connectivity index (χ2n) is 6.35. The van der Waals surface area contributed by atoms with Crippen LogP contribution in [-0.4, -0.2) is 37.9 Å². The topological polar surface area (TPSA) is 117 Å². The molecule has 0 radical (unpaired) electrons. The molecule has 1 aromatic heterocycles. The number of ether oxygens (including phenoxy) is 1. The Kier molecular flexibility index (Phi) is 5.34. The Bertz CT molecular complexity index is 1050. The monoisotopic (exact) mass is 386 g/mol. The standard InChI is InChI=1S/C19H22N4O5/c1-4-15(24)23-13(11-8-6-7-9-14(11)28-5-2)10-12(21-23)16-17(25)20-19(27)22(3)18(16)26/h6-9,13,26H,4-5,10H2,1-3H3,(H,20,25,27)/t13-/m0/s1. The average Bonchev–Trinajstić information content (AvgIpc) is 3.11. The lowest BCUT2D eigenvalue weighted by atomic mass is 9.98. The van der Waals surface area contributed by atoms with Gasteiger partial charge in [0.2, 0.25) is 11.8 Å². The van der Waals surface area contributed by atoms with Gasteiger partial charge in [0.15, 0.2) is 0 Å². The molecular weight excluding hydrogens is 364 g/mol. The van der Waals surface area contributed by atoms with Crippen LogP contribution in [0.2, 0.25) is 0 Å². The van der Waals surface area contributed by atoms with Crippen molar-refractivity contribution in [2.75, 3.05) is 6.61 Å². The molecule has 1 aliphatic rings. The first-order valence-corrected chi connectivity index (χ1v) is 9.02. The molecule has 3 rings (SSSR count). The van der Waals surface area contributed by atoms with Crippen LogP contribution in [0.1, 0.15) is 43.9 Å². The smallest absolute Gasteiger partial charge is 0.330 e. The molecule has 148 valence electrons. The Hall–Kier alpha value is -3.36. The van der Waals surface area contributed by atoms with Gasteiger partial charge in [-0.3, -0.25) is 19.1 Å². The third-order valence-electron chi connectivity index (χ3n) is 4.63. The third-order valence-corrected chi connectivity index (χ3v) is 4.63.